The van der Waals surface area contributed by atoms with Crippen LogP contribution in [-0.4, -0.2) is 16.2 Å². The van der Waals surface area contributed by atoms with Gasteiger partial charge in [0, 0.05) is 15.9 Å². The minimum atomic E-state index is -0.700. The van der Waals surface area contributed by atoms with Crippen LogP contribution in [0.1, 0.15) is 10.4 Å². The van der Waals surface area contributed by atoms with Gasteiger partial charge in [-0.1, -0.05) is 0 Å². The second-order valence-electron chi connectivity index (χ2n) is 1.92. The van der Waals surface area contributed by atoms with E-state index in [1.54, 1.807) is 0 Å². The summed E-state index contributed by atoms with van der Waals surface area (Å²) in [6, 6.07) is 2.80. The van der Waals surface area contributed by atoms with Crippen molar-refractivity contribution in [1.29, 1.82) is 0 Å². The number of aldehydes is 1. The maximum Gasteiger partial charge on any atom is 0.375 e. The quantitative estimate of drug-likeness (QED) is 0.335. The molecule has 12 heavy (non-hydrogen) atoms. The van der Waals surface area contributed by atoms with Gasteiger partial charge in [0.25, 0.3) is 0 Å². The van der Waals surface area contributed by atoms with E-state index in [4.69, 9.17) is 0 Å². The lowest BCUT2D eigenvalue weighted by molar-refractivity contribution is -0.389. The summed E-state index contributed by atoms with van der Waals surface area (Å²) in [6.45, 7) is 0. The highest BCUT2D eigenvalue weighted by molar-refractivity contribution is 9.10. The third kappa shape index (κ3) is 1.65. The van der Waals surface area contributed by atoms with Crippen molar-refractivity contribution < 1.29 is 9.72 Å². The molecule has 0 aliphatic carbocycles. The fourth-order valence-corrected chi connectivity index (χ4v) is 0.974. The van der Waals surface area contributed by atoms with Crippen molar-refractivity contribution >= 4 is 28.0 Å². The van der Waals surface area contributed by atoms with Crippen molar-refractivity contribution in [2.45, 2.75) is 0 Å². The molecule has 0 aliphatic rings. The number of halogens is 1. The average Bonchev–Trinajstić information content (AvgIpc) is 2.04. The lowest BCUT2D eigenvalue weighted by Gasteiger charge is -1.93. The molecule has 0 saturated carbocycles. The van der Waals surface area contributed by atoms with E-state index in [9.17, 15) is 14.9 Å². The smallest absolute Gasteiger partial charge is 0.358 e. The lowest BCUT2D eigenvalue weighted by atomic mass is 10.3. The number of carbonyl (C=O) groups excluding carboxylic acids is 1. The maximum absolute atomic E-state index is 10.3. The molecule has 0 atom stereocenters. The minimum Gasteiger partial charge on any atom is -0.358 e. The summed E-state index contributed by atoms with van der Waals surface area (Å²) < 4.78 is 0.333. The average molecular weight is 231 g/mol. The van der Waals surface area contributed by atoms with Gasteiger partial charge in [-0.05, 0) is 22.0 Å². The van der Waals surface area contributed by atoms with Crippen molar-refractivity contribution in [2.24, 2.45) is 0 Å². The first kappa shape index (κ1) is 8.79. The second kappa shape index (κ2) is 3.40. The Kier molecular flexibility index (Phi) is 2.49. The van der Waals surface area contributed by atoms with Crippen molar-refractivity contribution in [2.75, 3.05) is 0 Å². The van der Waals surface area contributed by atoms with Crippen molar-refractivity contribution in [3.63, 3.8) is 0 Å². The molecule has 1 aromatic heterocycles. The van der Waals surface area contributed by atoms with Crippen LogP contribution in [0.25, 0.3) is 0 Å². The van der Waals surface area contributed by atoms with Gasteiger partial charge < -0.3 is 10.1 Å². The largest absolute Gasteiger partial charge is 0.375 e. The Morgan fingerprint density at radius 1 is 1.58 bits per heavy atom. The monoisotopic (exact) mass is 230 g/mol. The molecule has 0 N–H and O–H groups in total. The van der Waals surface area contributed by atoms with Gasteiger partial charge in [0.2, 0.25) is 4.60 Å². The van der Waals surface area contributed by atoms with Gasteiger partial charge in [0.05, 0.1) is 0 Å². The van der Waals surface area contributed by atoms with E-state index >= 15 is 0 Å². The maximum atomic E-state index is 10.3. The predicted octanol–water partition coefficient (Wildman–Crippen LogP) is 1.56. The lowest BCUT2D eigenvalue weighted by Crippen LogP contribution is -1.97. The van der Waals surface area contributed by atoms with E-state index in [0.717, 1.165) is 0 Å². The zero-order chi connectivity index (χ0) is 9.14. The molecular formula is C6H3BrN2O3. The number of carbonyl (C=O) groups is 1. The number of hydrogen-bond acceptors (Lipinski definition) is 4. The van der Waals surface area contributed by atoms with E-state index in [-0.39, 0.29) is 5.56 Å². The van der Waals surface area contributed by atoms with Gasteiger partial charge in [-0.2, -0.15) is 0 Å². The number of nitrogens with zero attached hydrogens (tertiary/aromatic N) is 2. The summed E-state index contributed by atoms with van der Waals surface area (Å²) in [4.78, 5) is 23.4. The molecule has 0 fully saturated rings. The highest BCUT2D eigenvalue weighted by Gasteiger charge is 2.15. The summed E-state index contributed by atoms with van der Waals surface area (Å²) in [5, 5.41) is 10.3. The molecule has 62 valence electrons. The summed E-state index contributed by atoms with van der Waals surface area (Å²) >= 11 is 2.96. The highest BCUT2D eigenvalue weighted by atomic mass is 79.9. The molecule has 5 nitrogen and oxygen atoms in total. The SMILES string of the molecule is O=Cc1ccc(Br)nc1[N+](=O)[O-]. The van der Waals surface area contributed by atoms with E-state index in [1.165, 1.54) is 12.1 Å². The Labute approximate surface area is 75.7 Å². The third-order valence-electron chi connectivity index (χ3n) is 1.17. The van der Waals surface area contributed by atoms with Crippen LogP contribution in [0.3, 0.4) is 0 Å². The molecule has 6 heteroatoms. The molecule has 0 aromatic carbocycles. The summed E-state index contributed by atoms with van der Waals surface area (Å²) in [5.74, 6) is -0.431. The molecule has 1 rings (SSSR count). The van der Waals surface area contributed by atoms with E-state index in [1.807, 2.05) is 0 Å². The standard InChI is InChI=1S/C6H3BrN2O3/c7-5-2-1-4(3-10)6(8-5)9(11)12/h1-3H. The van der Waals surface area contributed by atoms with Crippen LogP contribution in [0.5, 0.6) is 0 Å². The predicted molar refractivity (Wildman–Crippen MR) is 44.0 cm³/mol. The van der Waals surface area contributed by atoms with Crippen molar-refractivity contribution in [3.8, 4) is 0 Å². The van der Waals surface area contributed by atoms with Gasteiger partial charge in [-0.3, -0.25) is 4.79 Å². The van der Waals surface area contributed by atoms with Crippen LogP contribution in [0.2, 0.25) is 0 Å². The first-order valence-electron chi connectivity index (χ1n) is 2.91. The van der Waals surface area contributed by atoms with Crippen LogP contribution in [0.4, 0.5) is 5.82 Å². The first-order valence-corrected chi connectivity index (χ1v) is 3.70. The molecular weight excluding hydrogens is 228 g/mol. The van der Waals surface area contributed by atoms with Crippen LogP contribution >= 0.6 is 15.9 Å². The Balaban J connectivity index is 3.30. The van der Waals surface area contributed by atoms with Gasteiger partial charge in [0.15, 0.2) is 6.29 Å². The number of nitro groups is 1. The van der Waals surface area contributed by atoms with Gasteiger partial charge >= 0.3 is 5.82 Å². The molecule has 0 bridgehead atoms. The van der Waals surface area contributed by atoms with Crippen molar-refractivity contribution in [3.05, 3.63) is 32.4 Å². The fourth-order valence-electron chi connectivity index (χ4n) is 0.674. The molecule has 0 spiro atoms. The Morgan fingerprint density at radius 2 is 2.25 bits per heavy atom. The summed E-state index contributed by atoms with van der Waals surface area (Å²) in [7, 11) is 0. The van der Waals surface area contributed by atoms with E-state index in [0.29, 0.717) is 10.9 Å². The van der Waals surface area contributed by atoms with E-state index in [2.05, 4.69) is 20.9 Å². The molecule has 0 unspecified atom stereocenters. The Morgan fingerprint density at radius 3 is 2.75 bits per heavy atom. The van der Waals surface area contributed by atoms with Crippen LogP contribution in [0.15, 0.2) is 16.7 Å². The molecule has 1 heterocycles. The molecule has 0 saturated heterocycles. The van der Waals surface area contributed by atoms with Gasteiger partial charge in [0.1, 0.15) is 5.56 Å². The molecule has 0 amide bonds. The topological polar surface area (TPSA) is 73.1 Å². The number of rotatable bonds is 2. The fraction of sp³-hybridized carbons (Fsp3) is 0. The van der Waals surface area contributed by atoms with Gasteiger partial charge in [-0.15, -0.1) is 0 Å². The van der Waals surface area contributed by atoms with E-state index < -0.39 is 10.7 Å². The van der Waals surface area contributed by atoms with Crippen LogP contribution in [0, 0.1) is 10.1 Å². The van der Waals surface area contributed by atoms with Crippen LogP contribution < -0.4 is 0 Å². The zero-order valence-electron chi connectivity index (χ0n) is 5.73. The number of aromatic nitrogens is 1. The summed E-state index contributed by atoms with van der Waals surface area (Å²) in [5.41, 5.74) is -0.0248. The molecule has 0 aliphatic heterocycles. The van der Waals surface area contributed by atoms with Crippen LogP contribution in [-0.2, 0) is 0 Å². The first-order chi connectivity index (χ1) is 5.65. The normalized spacial score (nSPS) is 9.42. The third-order valence-corrected chi connectivity index (χ3v) is 1.61. The second-order valence-corrected chi connectivity index (χ2v) is 2.73. The Bertz CT molecular complexity index is 340. The van der Waals surface area contributed by atoms with Crippen molar-refractivity contribution in [1.82, 2.24) is 4.98 Å². The molecule has 1 aromatic rings. The highest BCUT2D eigenvalue weighted by Crippen LogP contribution is 2.16. The Hall–Kier alpha value is -1.30. The minimum absolute atomic E-state index is 0.0248. The number of hydrogen-bond donors (Lipinski definition) is 0. The molecule has 0 radical (unpaired) electrons. The zero-order valence-corrected chi connectivity index (χ0v) is 7.32. The van der Waals surface area contributed by atoms with Gasteiger partial charge in [-0.25, -0.2) is 0 Å². The summed E-state index contributed by atoms with van der Waals surface area (Å²) in [6.07, 6.45) is 0.400. The number of pyridine rings is 1.